The summed E-state index contributed by atoms with van der Waals surface area (Å²) >= 11 is 0. The molecule has 1 heterocycles. The van der Waals surface area contributed by atoms with Crippen molar-refractivity contribution in [3.8, 4) is 0 Å². The maximum Gasteiger partial charge on any atom is 0.317 e. The molecule has 1 unspecified atom stereocenters. The second-order valence-corrected chi connectivity index (χ2v) is 13.8. The summed E-state index contributed by atoms with van der Waals surface area (Å²) in [7, 11) is 0. The molecule has 0 spiro atoms. The zero-order valence-corrected chi connectivity index (χ0v) is 31.5. The first-order chi connectivity index (χ1) is 24.1. The Balaban J connectivity index is 2.59. The van der Waals surface area contributed by atoms with Gasteiger partial charge in [-0.25, -0.2) is 0 Å². The van der Waals surface area contributed by atoms with E-state index in [2.05, 4.69) is 10.6 Å². The van der Waals surface area contributed by atoms with Crippen LogP contribution in [0.1, 0.15) is 60.3 Å². The Morgan fingerprint density at radius 1 is 0.608 bits per heavy atom. The van der Waals surface area contributed by atoms with E-state index in [-0.39, 0.29) is 51.1 Å². The number of carboxylic acids is 3. The second kappa shape index (κ2) is 25.1. The Morgan fingerprint density at radius 2 is 1.04 bits per heavy atom. The lowest BCUT2D eigenvalue weighted by molar-refractivity contribution is -0.140. The van der Waals surface area contributed by atoms with Crippen LogP contribution < -0.4 is 10.6 Å². The number of aliphatic carboxylic acids is 3. The van der Waals surface area contributed by atoms with Crippen molar-refractivity contribution in [3.05, 3.63) is 0 Å². The number of carbonyl (C=O) groups excluding carboxylic acids is 2. The number of hydrogen-bond acceptors (Lipinski definition) is 12. The molecule has 17 nitrogen and oxygen atoms in total. The summed E-state index contributed by atoms with van der Waals surface area (Å²) in [6, 6.07) is 0. The van der Waals surface area contributed by atoms with Crippen LogP contribution in [0.15, 0.2) is 0 Å². The first kappa shape index (κ1) is 46.1. The minimum Gasteiger partial charge on any atom is -0.480 e. The SMILES string of the molecule is CCCC(=O)NCCOC(C)(C)CCOC(C)(CC)COCCNC(=O)CN1CCN(CC(=O)O)CCN(CC(=O)O)CCN(CC(=O)O)CC1. The van der Waals surface area contributed by atoms with Crippen LogP contribution >= 0.6 is 0 Å². The summed E-state index contributed by atoms with van der Waals surface area (Å²) in [5, 5.41) is 33.9. The van der Waals surface area contributed by atoms with E-state index in [0.29, 0.717) is 98.0 Å². The predicted molar refractivity (Wildman–Crippen MR) is 190 cm³/mol. The highest BCUT2D eigenvalue weighted by molar-refractivity contribution is 5.78. The van der Waals surface area contributed by atoms with Gasteiger partial charge in [-0.3, -0.25) is 43.6 Å². The zero-order chi connectivity index (χ0) is 38.3. The predicted octanol–water partition coefficient (Wildman–Crippen LogP) is -0.118. The second-order valence-electron chi connectivity index (χ2n) is 13.8. The maximum absolute atomic E-state index is 12.9. The van der Waals surface area contributed by atoms with Crippen LogP contribution in [-0.4, -0.2) is 194 Å². The van der Waals surface area contributed by atoms with Gasteiger partial charge in [0.15, 0.2) is 0 Å². The van der Waals surface area contributed by atoms with Crippen molar-refractivity contribution in [3.63, 3.8) is 0 Å². The fourth-order valence-corrected chi connectivity index (χ4v) is 5.29. The molecule has 0 aliphatic carbocycles. The highest BCUT2D eigenvalue weighted by Crippen LogP contribution is 2.20. The molecule has 5 N–H and O–H groups in total. The van der Waals surface area contributed by atoms with Crippen molar-refractivity contribution in [1.82, 2.24) is 30.2 Å². The lowest BCUT2D eigenvalue weighted by Crippen LogP contribution is -2.50. The molecular weight excluding hydrogens is 668 g/mol. The molecule has 1 saturated heterocycles. The third-order valence-corrected chi connectivity index (χ3v) is 8.65. The van der Waals surface area contributed by atoms with Gasteiger partial charge in [0.25, 0.3) is 0 Å². The van der Waals surface area contributed by atoms with E-state index in [9.17, 15) is 39.3 Å². The molecule has 0 saturated carbocycles. The molecule has 1 atom stereocenters. The highest BCUT2D eigenvalue weighted by atomic mass is 16.5. The summed E-state index contributed by atoms with van der Waals surface area (Å²) in [4.78, 5) is 65.9. The number of ether oxygens (including phenoxy) is 3. The van der Waals surface area contributed by atoms with Crippen molar-refractivity contribution in [2.24, 2.45) is 0 Å². The first-order valence-corrected chi connectivity index (χ1v) is 18.0. The van der Waals surface area contributed by atoms with Crippen LogP contribution in [-0.2, 0) is 38.2 Å². The van der Waals surface area contributed by atoms with Gasteiger partial charge < -0.3 is 40.2 Å². The monoisotopic (exact) mass is 732 g/mol. The largest absolute Gasteiger partial charge is 0.480 e. The van der Waals surface area contributed by atoms with Crippen molar-refractivity contribution < 1.29 is 53.5 Å². The Labute approximate surface area is 302 Å². The van der Waals surface area contributed by atoms with Crippen LogP contribution in [0.5, 0.6) is 0 Å². The normalized spacial score (nSPS) is 17.5. The minimum absolute atomic E-state index is 0.0248. The number of carbonyl (C=O) groups is 5. The van der Waals surface area contributed by atoms with Gasteiger partial charge >= 0.3 is 17.9 Å². The quantitative estimate of drug-likeness (QED) is 0.0820. The van der Waals surface area contributed by atoms with Gasteiger partial charge in [0.1, 0.15) is 0 Å². The minimum atomic E-state index is -1.02. The van der Waals surface area contributed by atoms with Gasteiger partial charge in [0.05, 0.1) is 63.8 Å². The molecule has 0 aromatic rings. The van der Waals surface area contributed by atoms with Crippen LogP contribution in [0, 0.1) is 0 Å². The number of nitrogens with one attached hydrogen (secondary N) is 2. The van der Waals surface area contributed by atoms with Crippen LogP contribution in [0.25, 0.3) is 0 Å². The maximum atomic E-state index is 12.9. The van der Waals surface area contributed by atoms with Crippen molar-refractivity contribution in [2.45, 2.75) is 71.5 Å². The lowest BCUT2D eigenvalue weighted by atomic mass is 10.0. The van der Waals surface area contributed by atoms with Crippen LogP contribution in [0.3, 0.4) is 0 Å². The molecule has 296 valence electrons. The lowest BCUT2D eigenvalue weighted by Gasteiger charge is -2.33. The molecule has 51 heavy (non-hydrogen) atoms. The zero-order valence-electron chi connectivity index (χ0n) is 31.5. The standard InChI is InChI=1S/C34H64N6O11/c1-6-8-28(41)35-11-22-50-33(3,4)9-20-51-34(5,7-2)27-49-21-10-36-29(42)23-37-12-14-38(24-30(43)44)16-18-40(26-32(47)48)19-17-39(15-13-37)25-31(45)46/h6-27H2,1-5H3,(H,35,41)(H,36,42)(H,43,44)(H,45,46)(H,47,48). The van der Waals surface area contributed by atoms with Gasteiger partial charge in [0, 0.05) is 71.9 Å². The van der Waals surface area contributed by atoms with E-state index in [1.165, 1.54) is 0 Å². The smallest absolute Gasteiger partial charge is 0.317 e. The van der Waals surface area contributed by atoms with E-state index in [4.69, 9.17) is 14.2 Å². The fraction of sp³-hybridized carbons (Fsp3) is 0.853. The first-order valence-electron chi connectivity index (χ1n) is 18.0. The number of carboxylic acid groups (broad SMARTS) is 3. The number of rotatable bonds is 24. The summed E-state index contributed by atoms with van der Waals surface area (Å²) in [6.07, 6.45) is 2.68. The molecule has 0 aromatic carbocycles. The molecule has 1 fully saturated rings. The fourth-order valence-electron chi connectivity index (χ4n) is 5.29. The average Bonchev–Trinajstić information content (AvgIpc) is 3.03. The summed E-state index contributed by atoms with van der Waals surface area (Å²) < 4.78 is 18.0. The van der Waals surface area contributed by atoms with E-state index < -0.39 is 29.1 Å². The van der Waals surface area contributed by atoms with Crippen molar-refractivity contribution in [1.29, 1.82) is 0 Å². The van der Waals surface area contributed by atoms with Gasteiger partial charge in [-0.2, -0.15) is 0 Å². The number of nitrogens with zero attached hydrogens (tertiary/aromatic N) is 4. The van der Waals surface area contributed by atoms with Crippen molar-refractivity contribution in [2.75, 3.05) is 118 Å². The Bertz CT molecular complexity index is 1030. The molecule has 1 rings (SSSR count). The van der Waals surface area contributed by atoms with Gasteiger partial charge in [-0.15, -0.1) is 0 Å². The summed E-state index contributed by atoms with van der Waals surface area (Å²) in [5.41, 5.74) is -0.952. The molecule has 1 aliphatic heterocycles. The van der Waals surface area contributed by atoms with Crippen LogP contribution in [0.2, 0.25) is 0 Å². The van der Waals surface area contributed by atoms with Gasteiger partial charge in [0.2, 0.25) is 11.8 Å². The summed E-state index contributed by atoms with van der Waals surface area (Å²) in [6.45, 7) is 14.1. The molecule has 2 amide bonds. The van der Waals surface area contributed by atoms with Gasteiger partial charge in [-0.1, -0.05) is 13.8 Å². The van der Waals surface area contributed by atoms with E-state index in [0.717, 1.165) is 6.42 Å². The summed E-state index contributed by atoms with van der Waals surface area (Å²) in [5.74, 6) is -3.25. The number of hydrogen-bond donors (Lipinski definition) is 5. The topological polar surface area (TPSA) is 211 Å². The Hall–Kier alpha value is -2.93. The molecule has 0 aromatic heterocycles. The Morgan fingerprint density at radius 3 is 1.47 bits per heavy atom. The Kier molecular flexibility index (Phi) is 22.7. The number of amides is 2. The highest BCUT2D eigenvalue weighted by Gasteiger charge is 2.26. The molecule has 0 bridgehead atoms. The van der Waals surface area contributed by atoms with E-state index in [1.807, 2.05) is 39.5 Å². The van der Waals surface area contributed by atoms with E-state index in [1.54, 1.807) is 14.7 Å². The average molecular weight is 733 g/mol. The third kappa shape index (κ3) is 23.3. The molecule has 17 heteroatoms. The molecule has 1 aliphatic rings. The molecular formula is C34H64N6O11. The van der Waals surface area contributed by atoms with Crippen LogP contribution in [0.4, 0.5) is 0 Å². The van der Waals surface area contributed by atoms with Gasteiger partial charge in [-0.05, 0) is 40.0 Å². The van der Waals surface area contributed by atoms with E-state index >= 15 is 0 Å². The third-order valence-electron chi connectivity index (χ3n) is 8.65. The molecule has 0 radical (unpaired) electrons. The van der Waals surface area contributed by atoms with Crippen molar-refractivity contribution >= 4 is 29.7 Å².